The quantitative estimate of drug-likeness (QED) is 0.0854. The van der Waals surface area contributed by atoms with Gasteiger partial charge in [0, 0.05) is 46.9 Å². The van der Waals surface area contributed by atoms with Gasteiger partial charge in [-0.1, -0.05) is 89.4 Å². The molecule has 2 aromatic carbocycles. The lowest BCUT2D eigenvalue weighted by molar-refractivity contribution is -0.136. The molecule has 1 aromatic heterocycles. The van der Waals surface area contributed by atoms with Crippen molar-refractivity contribution in [2.45, 2.75) is 131 Å². The van der Waals surface area contributed by atoms with Gasteiger partial charge in [-0.25, -0.2) is 0 Å². The summed E-state index contributed by atoms with van der Waals surface area (Å²) in [6.07, 6.45) is 5.44. The van der Waals surface area contributed by atoms with E-state index >= 15 is 0 Å². The molecule has 2 heterocycles. The number of carbonyl (C=O) groups is 6. The van der Waals surface area contributed by atoms with E-state index in [1.807, 2.05) is 54.6 Å². The van der Waals surface area contributed by atoms with Crippen LogP contribution in [0.25, 0.3) is 10.9 Å². The zero-order chi connectivity index (χ0) is 46.3. The molecule has 17 nitrogen and oxygen atoms in total. The van der Waals surface area contributed by atoms with Crippen molar-refractivity contribution in [2.75, 3.05) is 25.5 Å². The Bertz CT molecular complexity index is 2040. The molecule has 64 heavy (non-hydrogen) atoms. The molecule has 2 aliphatic rings. The molecular weight excluding hydrogens is 861 g/mol. The van der Waals surface area contributed by atoms with Crippen LogP contribution in [-0.4, -0.2) is 128 Å². The highest BCUT2D eigenvalue weighted by Gasteiger charge is 2.40. The standard InChI is InChI=1S/C45H64N8O9S2/c1-28(56)38-43(62)51-36(42(61)53-44(2,26-54)27-55)25-63-64-45(18-10-4-11-19-45)23-37(57)48-34(21-29-13-5-3-6-14-29)40(59)50-35(22-30-24-47-32-16-8-7-15-31(30)32)41(60)49-33(39(58)52-38)17-9-12-20-46/h3,5-8,13-16,24,28,33-36,38,47,54-56H,4,9-12,17-23,25-27,46H2,1-2H3,(H,48,57)(H,49,60)(H,50,59)(H,51,62)(H,52,58)(H,53,61)/t28-,33+,34+,35-,36+,38+/m1/s1. The topological polar surface area (TPSA) is 277 Å². The van der Waals surface area contributed by atoms with Gasteiger partial charge in [0.2, 0.25) is 35.4 Å². The zero-order valence-corrected chi connectivity index (χ0v) is 38.2. The lowest BCUT2D eigenvalue weighted by Gasteiger charge is -2.36. The number of hydrogen-bond donors (Lipinski definition) is 11. The first-order valence-electron chi connectivity index (χ1n) is 22.0. The number of benzene rings is 2. The van der Waals surface area contributed by atoms with Gasteiger partial charge in [-0.2, -0.15) is 0 Å². The highest BCUT2D eigenvalue weighted by atomic mass is 33.1. The minimum absolute atomic E-state index is 0.00939. The van der Waals surface area contributed by atoms with E-state index in [-0.39, 0.29) is 37.3 Å². The van der Waals surface area contributed by atoms with Crippen molar-refractivity contribution in [2.24, 2.45) is 5.73 Å². The van der Waals surface area contributed by atoms with Crippen LogP contribution in [0, 0.1) is 0 Å². The summed E-state index contributed by atoms with van der Waals surface area (Å²) >= 11 is 0. The van der Waals surface area contributed by atoms with Gasteiger partial charge in [-0.15, -0.1) is 0 Å². The lowest BCUT2D eigenvalue weighted by Crippen LogP contribution is -2.63. The second-order valence-corrected chi connectivity index (χ2v) is 20.0. The number of unbranched alkanes of at least 4 members (excludes halogenated alkanes) is 1. The van der Waals surface area contributed by atoms with Gasteiger partial charge in [0.05, 0.1) is 24.9 Å². The number of aliphatic hydroxyl groups excluding tert-OH is 3. The minimum Gasteiger partial charge on any atom is -0.394 e. The van der Waals surface area contributed by atoms with Gasteiger partial charge >= 0.3 is 0 Å². The van der Waals surface area contributed by atoms with Crippen molar-refractivity contribution < 1.29 is 44.1 Å². The van der Waals surface area contributed by atoms with Crippen LogP contribution in [0.5, 0.6) is 0 Å². The van der Waals surface area contributed by atoms with Crippen molar-refractivity contribution in [3.8, 4) is 0 Å². The van der Waals surface area contributed by atoms with Crippen LogP contribution in [0.15, 0.2) is 60.8 Å². The summed E-state index contributed by atoms with van der Waals surface area (Å²) in [5.41, 5.74) is 6.66. The third-order valence-corrected chi connectivity index (χ3v) is 15.1. The molecule has 1 saturated heterocycles. The van der Waals surface area contributed by atoms with Crippen LogP contribution in [0.1, 0.15) is 82.8 Å². The SMILES string of the molecule is C[C@@H](O)[C@@H]1NC(=O)[C@H](CCCCN)NC(=O)[C@@H](Cc2c[nH]c3ccccc23)NC(=O)[C@H](Cc2ccccc2)NC(=O)CC2(CCCCC2)SSC[C@@H](C(=O)NC(C)(CO)CO)NC1=O. The summed E-state index contributed by atoms with van der Waals surface area (Å²) in [7, 11) is 2.68. The van der Waals surface area contributed by atoms with Crippen molar-refractivity contribution in [1.29, 1.82) is 0 Å². The molecule has 350 valence electrons. The van der Waals surface area contributed by atoms with Crippen molar-refractivity contribution in [1.82, 2.24) is 36.9 Å². The molecule has 5 rings (SSSR count). The molecule has 6 atom stereocenters. The fraction of sp³-hybridized carbons (Fsp3) is 0.556. The first-order valence-corrected chi connectivity index (χ1v) is 24.3. The fourth-order valence-electron chi connectivity index (χ4n) is 7.96. The second kappa shape index (κ2) is 24.0. The first-order chi connectivity index (χ1) is 30.7. The number of amides is 6. The molecule has 1 aliphatic heterocycles. The highest BCUT2D eigenvalue weighted by molar-refractivity contribution is 8.77. The third kappa shape index (κ3) is 14.2. The Hall–Kier alpha value is -4.66. The average molecular weight is 925 g/mol. The molecule has 0 radical (unpaired) electrons. The van der Waals surface area contributed by atoms with E-state index in [2.05, 4.69) is 36.9 Å². The number of H-pyrrole nitrogens is 1. The second-order valence-electron chi connectivity index (χ2n) is 17.2. The van der Waals surface area contributed by atoms with Gasteiger partial charge in [-0.3, -0.25) is 28.8 Å². The Balaban J connectivity index is 1.55. The van der Waals surface area contributed by atoms with E-state index in [1.54, 1.807) is 6.20 Å². The van der Waals surface area contributed by atoms with Crippen molar-refractivity contribution >= 4 is 67.9 Å². The molecule has 0 unspecified atom stereocenters. The van der Waals surface area contributed by atoms with Crippen LogP contribution < -0.4 is 37.6 Å². The maximum absolute atomic E-state index is 14.6. The predicted molar refractivity (Wildman–Crippen MR) is 248 cm³/mol. The Labute approximate surface area is 381 Å². The molecule has 1 saturated carbocycles. The van der Waals surface area contributed by atoms with E-state index in [1.165, 1.54) is 35.4 Å². The van der Waals surface area contributed by atoms with Gasteiger partial charge in [-0.05, 0) is 69.7 Å². The number of rotatable bonds is 13. The maximum Gasteiger partial charge on any atom is 0.245 e. The normalized spacial score (nSPS) is 23.8. The molecule has 1 aliphatic carbocycles. The van der Waals surface area contributed by atoms with Gasteiger partial charge in [0.1, 0.15) is 30.2 Å². The zero-order valence-electron chi connectivity index (χ0n) is 36.5. The molecule has 19 heteroatoms. The van der Waals surface area contributed by atoms with Crippen LogP contribution in [0.3, 0.4) is 0 Å². The number of fused-ring (bicyclic) bond motifs is 1. The van der Waals surface area contributed by atoms with Gasteiger partial charge in [0.15, 0.2) is 0 Å². The number of nitrogens with one attached hydrogen (secondary N) is 7. The summed E-state index contributed by atoms with van der Waals surface area (Å²) < 4.78 is -0.607. The molecule has 6 amide bonds. The average Bonchev–Trinajstić information content (AvgIpc) is 3.69. The van der Waals surface area contributed by atoms with Crippen LogP contribution in [-0.2, 0) is 41.6 Å². The monoisotopic (exact) mass is 924 g/mol. The molecule has 12 N–H and O–H groups in total. The summed E-state index contributed by atoms with van der Waals surface area (Å²) in [6, 6.07) is 10.2. The number of nitrogens with two attached hydrogens (primary N) is 1. The van der Waals surface area contributed by atoms with Crippen LogP contribution >= 0.6 is 21.6 Å². The van der Waals surface area contributed by atoms with Gasteiger partial charge in [0.25, 0.3) is 0 Å². The Morgan fingerprint density at radius 3 is 2.14 bits per heavy atom. The fourth-order valence-corrected chi connectivity index (χ4v) is 11.3. The molecule has 0 bridgehead atoms. The number of para-hydroxylation sites is 1. The Morgan fingerprint density at radius 2 is 1.47 bits per heavy atom. The first kappa shape index (κ1) is 50.3. The minimum atomic E-state index is -1.59. The molecule has 3 aromatic rings. The largest absolute Gasteiger partial charge is 0.394 e. The summed E-state index contributed by atoms with van der Waals surface area (Å²) in [6.45, 7) is 1.83. The smallest absolute Gasteiger partial charge is 0.245 e. The van der Waals surface area contributed by atoms with Crippen molar-refractivity contribution in [3.63, 3.8) is 0 Å². The summed E-state index contributed by atoms with van der Waals surface area (Å²) in [4.78, 5) is 88.5. The molecule has 1 spiro atoms. The third-order valence-electron chi connectivity index (χ3n) is 11.8. The number of carbonyl (C=O) groups excluding carboxylic acids is 6. The maximum atomic E-state index is 14.6. The number of aromatic amines is 1. The van der Waals surface area contributed by atoms with E-state index in [0.717, 1.165) is 41.3 Å². The van der Waals surface area contributed by atoms with Crippen LogP contribution in [0.2, 0.25) is 0 Å². The Morgan fingerprint density at radius 1 is 0.828 bits per heavy atom. The van der Waals surface area contributed by atoms with Gasteiger partial charge < -0.3 is 57.9 Å². The number of aliphatic hydroxyl groups is 3. The predicted octanol–water partition coefficient (Wildman–Crippen LogP) is 1.23. The highest BCUT2D eigenvalue weighted by Crippen LogP contribution is 2.48. The van der Waals surface area contributed by atoms with E-state index < -0.39 is 89.3 Å². The lowest BCUT2D eigenvalue weighted by atomic mass is 9.85. The number of aromatic nitrogens is 1. The number of hydrogen-bond acceptors (Lipinski definition) is 12. The van der Waals surface area contributed by atoms with E-state index in [4.69, 9.17) is 5.73 Å². The Kier molecular flexibility index (Phi) is 18.9. The summed E-state index contributed by atoms with van der Waals surface area (Å²) in [5, 5.41) is 48.2. The van der Waals surface area contributed by atoms with Crippen LogP contribution in [0.4, 0.5) is 0 Å². The van der Waals surface area contributed by atoms with Crippen molar-refractivity contribution in [3.05, 3.63) is 71.9 Å². The molecule has 2 fully saturated rings. The summed E-state index contributed by atoms with van der Waals surface area (Å²) in [5.74, 6) is -4.15. The molecular formula is C45H64N8O9S2. The van der Waals surface area contributed by atoms with E-state index in [0.29, 0.717) is 32.2 Å². The van der Waals surface area contributed by atoms with E-state index in [9.17, 15) is 44.1 Å².